The average molecular weight is 329 g/mol. The van der Waals surface area contributed by atoms with E-state index in [4.69, 9.17) is 9.78 Å². The molecule has 3 rings (SSSR count). The summed E-state index contributed by atoms with van der Waals surface area (Å²) in [5, 5.41) is 12.7. The SMILES string of the molecule is Cc1noc(C2CN(C(=O)c3ccc(F)c(C#N)c3)CCN2C)n1. The highest BCUT2D eigenvalue weighted by Crippen LogP contribution is 2.24. The van der Waals surface area contributed by atoms with E-state index in [1.54, 1.807) is 17.9 Å². The van der Waals surface area contributed by atoms with Crippen LogP contribution in [0.3, 0.4) is 0 Å². The van der Waals surface area contributed by atoms with Crippen molar-refractivity contribution in [2.24, 2.45) is 0 Å². The molecule has 124 valence electrons. The number of nitriles is 1. The molecule has 8 heteroatoms. The fourth-order valence-corrected chi connectivity index (χ4v) is 2.70. The summed E-state index contributed by atoms with van der Waals surface area (Å²) < 4.78 is 18.7. The van der Waals surface area contributed by atoms with Crippen molar-refractivity contribution in [3.05, 3.63) is 46.9 Å². The summed E-state index contributed by atoms with van der Waals surface area (Å²) in [5.41, 5.74) is 0.150. The second-order valence-corrected chi connectivity index (χ2v) is 5.73. The second-order valence-electron chi connectivity index (χ2n) is 5.73. The zero-order chi connectivity index (χ0) is 17.3. The molecule has 1 unspecified atom stereocenters. The van der Waals surface area contributed by atoms with Gasteiger partial charge < -0.3 is 9.42 Å². The number of aryl methyl sites for hydroxylation is 1. The van der Waals surface area contributed by atoms with Crippen LogP contribution in [0.4, 0.5) is 4.39 Å². The molecule has 7 nitrogen and oxygen atoms in total. The standard InChI is InChI=1S/C16H16FN5O2/c1-10-19-15(24-20-10)14-9-22(6-5-21(14)2)16(23)11-3-4-13(17)12(7-11)8-18/h3-4,7,14H,5-6,9H2,1-2H3. The highest BCUT2D eigenvalue weighted by Gasteiger charge is 2.32. The van der Waals surface area contributed by atoms with E-state index < -0.39 is 5.82 Å². The van der Waals surface area contributed by atoms with Gasteiger partial charge in [-0.2, -0.15) is 10.2 Å². The molecule has 0 aliphatic carbocycles. The number of hydrogen-bond donors (Lipinski definition) is 0. The number of piperazine rings is 1. The normalized spacial score (nSPS) is 18.4. The first kappa shape index (κ1) is 16.1. The molecule has 24 heavy (non-hydrogen) atoms. The van der Waals surface area contributed by atoms with Gasteiger partial charge in [0, 0.05) is 25.2 Å². The van der Waals surface area contributed by atoms with Gasteiger partial charge in [-0.3, -0.25) is 9.69 Å². The van der Waals surface area contributed by atoms with Crippen LogP contribution in [-0.4, -0.2) is 52.5 Å². The minimum atomic E-state index is -0.633. The molecule has 0 radical (unpaired) electrons. The van der Waals surface area contributed by atoms with E-state index in [9.17, 15) is 9.18 Å². The zero-order valence-corrected chi connectivity index (χ0v) is 13.4. The van der Waals surface area contributed by atoms with E-state index in [-0.39, 0.29) is 23.1 Å². The molecular weight excluding hydrogens is 313 g/mol. The Bertz CT molecular complexity index is 813. The Morgan fingerprint density at radius 1 is 1.46 bits per heavy atom. The van der Waals surface area contributed by atoms with Crippen LogP contribution in [0.2, 0.25) is 0 Å². The van der Waals surface area contributed by atoms with Crippen molar-refractivity contribution in [2.75, 3.05) is 26.7 Å². The van der Waals surface area contributed by atoms with Gasteiger partial charge in [-0.25, -0.2) is 4.39 Å². The monoisotopic (exact) mass is 329 g/mol. The van der Waals surface area contributed by atoms with Gasteiger partial charge in [0.15, 0.2) is 5.82 Å². The van der Waals surface area contributed by atoms with Gasteiger partial charge in [0.05, 0.1) is 5.56 Å². The number of nitrogens with zero attached hydrogens (tertiary/aromatic N) is 5. The van der Waals surface area contributed by atoms with Crippen molar-refractivity contribution in [1.82, 2.24) is 19.9 Å². The molecule has 1 aliphatic rings. The molecule has 0 spiro atoms. The third kappa shape index (κ3) is 2.98. The van der Waals surface area contributed by atoms with Crippen LogP contribution in [0.25, 0.3) is 0 Å². The first-order chi connectivity index (χ1) is 11.5. The van der Waals surface area contributed by atoms with Crippen LogP contribution >= 0.6 is 0 Å². The molecule has 2 aromatic rings. The summed E-state index contributed by atoms with van der Waals surface area (Å²) in [6.45, 7) is 3.29. The predicted octanol–water partition coefficient (Wildman–Crippen LogP) is 1.52. The molecule has 1 saturated heterocycles. The lowest BCUT2D eigenvalue weighted by Gasteiger charge is -2.37. The maximum atomic E-state index is 13.4. The van der Waals surface area contributed by atoms with Crippen LogP contribution in [0.15, 0.2) is 22.7 Å². The van der Waals surface area contributed by atoms with Crippen molar-refractivity contribution in [3.63, 3.8) is 0 Å². The lowest BCUT2D eigenvalue weighted by Crippen LogP contribution is -2.49. The number of amides is 1. The second kappa shape index (κ2) is 6.37. The lowest BCUT2D eigenvalue weighted by molar-refractivity contribution is 0.0489. The highest BCUT2D eigenvalue weighted by atomic mass is 19.1. The molecule has 1 amide bonds. The summed E-state index contributed by atoms with van der Waals surface area (Å²) >= 11 is 0. The molecule has 1 atom stereocenters. The third-order valence-electron chi connectivity index (χ3n) is 4.10. The number of hydrogen-bond acceptors (Lipinski definition) is 6. The van der Waals surface area contributed by atoms with Crippen molar-refractivity contribution >= 4 is 5.91 Å². The summed E-state index contributed by atoms with van der Waals surface area (Å²) in [4.78, 5) is 20.6. The van der Waals surface area contributed by atoms with Gasteiger partial charge in [-0.1, -0.05) is 5.16 Å². The molecule has 1 aromatic heterocycles. The molecule has 1 aliphatic heterocycles. The zero-order valence-electron chi connectivity index (χ0n) is 13.4. The highest BCUT2D eigenvalue weighted by molar-refractivity contribution is 5.94. The van der Waals surface area contributed by atoms with Gasteiger partial charge in [0.2, 0.25) is 5.89 Å². The number of rotatable bonds is 2. The van der Waals surface area contributed by atoms with Gasteiger partial charge in [-0.15, -0.1) is 0 Å². The minimum absolute atomic E-state index is 0.140. The Morgan fingerprint density at radius 2 is 2.25 bits per heavy atom. The Hall–Kier alpha value is -2.79. The first-order valence-corrected chi connectivity index (χ1v) is 7.49. The summed E-state index contributed by atoms with van der Waals surface area (Å²) in [5.74, 6) is 0.121. The fourth-order valence-electron chi connectivity index (χ4n) is 2.70. The Balaban J connectivity index is 1.82. The van der Waals surface area contributed by atoms with E-state index in [1.165, 1.54) is 12.1 Å². The molecule has 0 N–H and O–H groups in total. The summed E-state index contributed by atoms with van der Waals surface area (Å²) in [6, 6.07) is 5.37. The smallest absolute Gasteiger partial charge is 0.254 e. The van der Waals surface area contributed by atoms with E-state index in [0.717, 1.165) is 6.07 Å². The summed E-state index contributed by atoms with van der Waals surface area (Å²) in [6.07, 6.45) is 0. The Kier molecular flexibility index (Phi) is 4.27. The maximum absolute atomic E-state index is 13.4. The fraction of sp³-hybridized carbons (Fsp3) is 0.375. The number of carbonyl (C=O) groups is 1. The summed E-state index contributed by atoms with van der Waals surface area (Å²) in [7, 11) is 1.93. The molecule has 2 heterocycles. The topological polar surface area (TPSA) is 86.3 Å². The van der Waals surface area contributed by atoms with Gasteiger partial charge >= 0.3 is 0 Å². The Morgan fingerprint density at radius 3 is 2.92 bits per heavy atom. The lowest BCUT2D eigenvalue weighted by atomic mass is 10.1. The van der Waals surface area contributed by atoms with Crippen LogP contribution in [-0.2, 0) is 0 Å². The van der Waals surface area contributed by atoms with E-state index in [0.29, 0.717) is 31.3 Å². The van der Waals surface area contributed by atoms with Crippen LogP contribution in [0, 0.1) is 24.1 Å². The van der Waals surface area contributed by atoms with Crippen LogP contribution < -0.4 is 0 Å². The average Bonchev–Trinajstić information content (AvgIpc) is 3.01. The predicted molar refractivity (Wildman–Crippen MR) is 81.4 cm³/mol. The van der Waals surface area contributed by atoms with Crippen LogP contribution in [0.1, 0.15) is 33.7 Å². The van der Waals surface area contributed by atoms with Crippen molar-refractivity contribution in [1.29, 1.82) is 5.26 Å². The van der Waals surface area contributed by atoms with Crippen molar-refractivity contribution in [2.45, 2.75) is 13.0 Å². The van der Waals surface area contributed by atoms with E-state index in [1.807, 2.05) is 11.9 Å². The minimum Gasteiger partial charge on any atom is -0.338 e. The number of benzene rings is 1. The number of halogens is 1. The maximum Gasteiger partial charge on any atom is 0.254 e. The first-order valence-electron chi connectivity index (χ1n) is 7.49. The molecule has 1 aromatic carbocycles. The number of carbonyl (C=O) groups excluding carboxylic acids is 1. The molecule has 1 fully saturated rings. The Labute approximate surface area is 138 Å². The molecule has 0 bridgehead atoms. The van der Waals surface area contributed by atoms with E-state index in [2.05, 4.69) is 10.1 Å². The van der Waals surface area contributed by atoms with Crippen molar-refractivity contribution < 1.29 is 13.7 Å². The van der Waals surface area contributed by atoms with Gasteiger partial charge in [-0.05, 0) is 32.2 Å². The molecule has 0 saturated carbocycles. The largest absolute Gasteiger partial charge is 0.338 e. The quantitative estimate of drug-likeness (QED) is 0.830. The van der Waals surface area contributed by atoms with E-state index >= 15 is 0 Å². The van der Waals surface area contributed by atoms with Crippen LogP contribution in [0.5, 0.6) is 0 Å². The number of likely N-dealkylation sites (N-methyl/N-ethyl adjacent to an activating group) is 1. The van der Waals surface area contributed by atoms with Gasteiger partial charge in [0.25, 0.3) is 5.91 Å². The molecular formula is C16H16FN5O2. The number of aromatic nitrogens is 2. The van der Waals surface area contributed by atoms with Crippen molar-refractivity contribution in [3.8, 4) is 6.07 Å². The third-order valence-corrected chi connectivity index (χ3v) is 4.10. The van der Waals surface area contributed by atoms with Gasteiger partial charge in [0.1, 0.15) is 17.9 Å².